The van der Waals surface area contributed by atoms with Gasteiger partial charge in [-0.15, -0.1) is 0 Å². The van der Waals surface area contributed by atoms with E-state index in [1.165, 1.54) is 11.1 Å². The Morgan fingerprint density at radius 2 is 1.82 bits per heavy atom. The lowest BCUT2D eigenvalue weighted by Crippen LogP contribution is -2.03. The molecule has 34 heavy (non-hydrogen) atoms. The lowest BCUT2D eigenvalue weighted by Gasteiger charge is -2.17. The largest absolute Gasteiger partial charge is 0.436 e. The average Bonchev–Trinajstić information content (AvgIpc) is 3.23. The van der Waals surface area contributed by atoms with E-state index in [1.807, 2.05) is 36.0 Å². The van der Waals surface area contributed by atoms with Gasteiger partial charge in [-0.1, -0.05) is 18.2 Å². The molecule has 6 heteroatoms. The number of hydrogen-bond donors (Lipinski definition) is 1. The van der Waals surface area contributed by atoms with Gasteiger partial charge in [-0.05, 0) is 91.4 Å². The predicted octanol–water partition coefficient (Wildman–Crippen LogP) is 6.73. The maximum Gasteiger partial charge on any atom is 0.249 e. The van der Waals surface area contributed by atoms with Crippen molar-refractivity contribution in [3.05, 3.63) is 89.1 Å². The number of hydrogen-bond acceptors (Lipinski definition) is 5. The highest BCUT2D eigenvalue weighted by molar-refractivity contribution is 5.83. The van der Waals surface area contributed by atoms with Crippen molar-refractivity contribution < 1.29 is 4.74 Å². The molecule has 4 aromatic rings. The van der Waals surface area contributed by atoms with Crippen LogP contribution in [0.25, 0.3) is 16.6 Å². The third kappa shape index (κ3) is 4.16. The molecule has 0 unspecified atom stereocenters. The number of benzene rings is 2. The van der Waals surface area contributed by atoms with Gasteiger partial charge in [0, 0.05) is 18.9 Å². The Labute approximate surface area is 198 Å². The summed E-state index contributed by atoms with van der Waals surface area (Å²) in [5.41, 5.74) is 7.72. The SMILES string of the molecule is Cc1cc(C2=CC=CCC2)cc(C)c1Oc1nc(Nc2ccc(C#N)cc2)nc2ccn(C)c12. The number of nitrogens with zero attached hydrogens (tertiary/aromatic N) is 4. The molecule has 0 saturated carbocycles. The first kappa shape index (κ1) is 21.5. The van der Waals surface area contributed by atoms with Gasteiger partial charge in [0.15, 0.2) is 0 Å². The number of fused-ring (bicyclic) bond motifs is 1. The first-order valence-electron chi connectivity index (χ1n) is 11.3. The monoisotopic (exact) mass is 447 g/mol. The van der Waals surface area contributed by atoms with Crippen LogP contribution in [0.3, 0.4) is 0 Å². The summed E-state index contributed by atoms with van der Waals surface area (Å²) in [6, 6.07) is 15.6. The van der Waals surface area contributed by atoms with Crippen molar-refractivity contribution in [3.8, 4) is 17.7 Å². The Kier molecular flexibility index (Phi) is 5.60. The summed E-state index contributed by atoms with van der Waals surface area (Å²) in [6.07, 6.45) is 10.6. The molecule has 0 saturated heterocycles. The molecule has 2 aromatic carbocycles. The molecule has 0 amide bonds. The molecule has 2 heterocycles. The number of anilines is 2. The van der Waals surface area contributed by atoms with E-state index in [0.29, 0.717) is 17.4 Å². The van der Waals surface area contributed by atoms with E-state index in [-0.39, 0.29) is 0 Å². The second-order valence-electron chi connectivity index (χ2n) is 8.53. The summed E-state index contributed by atoms with van der Waals surface area (Å²) in [5.74, 6) is 1.73. The van der Waals surface area contributed by atoms with Crippen molar-refractivity contribution in [2.24, 2.45) is 7.05 Å². The van der Waals surface area contributed by atoms with Crippen molar-refractivity contribution in [1.82, 2.24) is 14.5 Å². The molecule has 0 fully saturated rings. The molecule has 5 rings (SSSR count). The first-order chi connectivity index (χ1) is 16.5. The smallest absolute Gasteiger partial charge is 0.249 e. The summed E-state index contributed by atoms with van der Waals surface area (Å²) in [6.45, 7) is 4.15. The van der Waals surface area contributed by atoms with Crippen LogP contribution in [0, 0.1) is 25.2 Å². The Balaban J connectivity index is 1.51. The van der Waals surface area contributed by atoms with Crippen LogP contribution < -0.4 is 10.1 Å². The van der Waals surface area contributed by atoms with Crippen LogP contribution in [0.5, 0.6) is 11.6 Å². The molecule has 0 spiro atoms. The fourth-order valence-corrected chi connectivity index (χ4v) is 4.28. The molecule has 0 atom stereocenters. The topological polar surface area (TPSA) is 75.8 Å². The summed E-state index contributed by atoms with van der Waals surface area (Å²) >= 11 is 0. The quantitative estimate of drug-likeness (QED) is 0.367. The lowest BCUT2D eigenvalue weighted by atomic mass is 9.94. The van der Waals surface area contributed by atoms with Gasteiger partial charge in [-0.25, -0.2) is 4.98 Å². The highest BCUT2D eigenvalue weighted by atomic mass is 16.5. The van der Waals surface area contributed by atoms with E-state index in [0.717, 1.165) is 46.4 Å². The summed E-state index contributed by atoms with van der Waals surface area (Å²) < 4.78 is 8.43. The van der Waals surface area contributed by atoms with Gasteiger partial charge >= 0.3 is 0 Å². The van der Waals surface area contributed by atoms with E-state index < -0.39 is 0 Å². The highest BCUT2D eigenvalue weighted by Crippen LogP contribution is 2.36. The molecule has 6 nitrogen and oxygen atoms in total. The predicted molar refractivity (Wildman–Crippen MR) is 135 cm³/mol. The van der Waals surface area contributed by atoms with Crippen molar-refractivity contribution in [1.29, 1.82) is 5.26 Å². The molecular weight excluding hydrogens is 422 g/mol. The van der Waals surface area contributed by atoms with Crippen molar-refractivity contribution in [2.45, 2.75) is 26.7 Å². The summed E-state index contributed by atoms with van der Waals surface area (Å²) in [4.78, 5) is 9.37. The van der Waals surface area contributed by atoms with E-state index in [9.17, 15) is 0 Å². The van der Waals surface area contributed by atoms with E-state index in [1.54, 1.807) is 12.1 Å². The Hall–Kier alpha value is -4.37. The standard InChI is InChI=1S/C28H25N5O/c1-18-15-22(21-7-5-4-6-8-21)16-19(2)26(18)34-27-25-24(13-14-33(25)3)31-28(32-27)30-23-11-9-20(17-29)10-12-23/h4-5,7,9-16H,6,8H2,1-3H3,(H,30,31,32). The van der Waals surface area contributed by atoms with Gasteiger partial charge in [-0.3, -0.25) is 0 Å². The zero-order valence-corrected chi connectivity index (χ0v) is 19.5. The summed E-state index contributed by atoms with van der Waals surface area (Å²) in [5, 5.41) is 12.3. The molecule has 1 aliphatic carbocycles. The Bertz CT molecular complexity index is 1460. The minimum absolute atomic E-state index is 0.435. The van der Waals surface area contributed by atoms with Crippen molar-refractivity contribution in [2.75, 3.05) is 5.32 Å². The molecule has 0 bridgehead atoms. The maximum absolute atomic E-state index is 9.03. The van der Waals surface area contributed by atoms with Crippen molar-refractivity contribution >= 4 is 28.2 Å². The third-order valence-corrected chi connectivity index (χ3v) is 6.00. The summed E-state index contributed by atoms with van der Waals surface area (Å²) in [7, 11) is 1.96. The molecule has 168 valence electrons. The van der Waals surface area contributed by atoms with E-state index >= 15 is 0 Å². The number of nitrogens with one attached hydrogen (secondary N) is 1. The fourth-order valence-electron chi connectivity index (χ4n) is 4.28. The molecule has 0 radical (unpaired) electrons. The fraction of sp³-hybridized carbons (Fsp3) is 0.179. The number of allylic oxidation sites excluding steroid dienone is 4. The number of ether oxygens (including phenoxy) is 1. The minimum Gasteiger partial charge on any atom is -0.436 e. The van der Waals surface area contributed by atoms with Crippen LogP contribution in [-0.2, 0) is 7.05 Å². The molecule has 0 aliphatic heterocycles. The van der Waals surface area contributed by atoms with Gasteiger partial charge in [-0.2, -0.15) is 10.2 Å². The lowest BCUT2D eigenvalue weighted by molar-refractivity contribution is 0.459. The second kappa shape index (κ2) is 8.87. The normalized spacial score (nSPS) is 12.9. The molecule has 1 aliphatic rings. The van der Waals surface area contributed by atoms with Gasteiger partial charge in [0.05, 0.1) is 17.1 Å². The average molecular weight is 448 g/mol. The van der Waals surface area contributed by atoms with Crippen LogP contribution >= 0.6 is 0 Å². The highest BCUT2D eigenvalue weighted by Gasteiger charge is 2.17. The van der Waals surface area contributed by atoms with Gasteiger partial charge in [0.1, 0.15) is 11.3 Å². The second-order valence-corrected chi connectivity index (χ2v) is 8.53. The van der Waals surface area contributed by atoms with Crippen LogP contribution in [0.2, 0.25) is 0 Å². The number of nitriles is 1. The van der Waals surface area contributed by atoms with Crippen LogP contribution in [0.1, 0.15) is 35.1 Å². The number of aromatic nitrogens is 3. The van der Waals surface area contributed by atoms with Crippen LogP contribution in [0.4, 0.5) is 11.6 Å². The van der Waals surface area contributed by atoms with Crippen molar-refractivity contribution in [3.63, 3.8) is 0 Å². The number of aryl methyl sites for hydroxylation is 3. The Morgan fingerprint density at radius 3 is 2.50 bits per heavy atom. The Morgan fingerprint density at radius 1 is 1.06 bits per heavy atom. The first-order valence-corrected chi connectivity index (χ1v) is 11.3. The van der Waals surface area contributed by atoms with Crippen LogP contribution in [0.15, 0.2) is 66.9 Å². The molecule has 1 N–H and O–H groups in total. The molecule has 2 aromatic heterocycles. The van der Waals surface area contributed by atoms with Gasteiger partial charge in [0.25, 0.3) is 0 Å². The van der Waals surface area contributed by atoms with Crippen LogP contribution in [-0.4, -0.2) is 14.5 Å². The third-order valence-electron chi connectivity index (χ3n) is 6.00. The van der Waals surface area contributed by atoms with E-state index in [4.69, 9.17) is 15.0 Å². The van der Waals surface area contributed by atoms with Gasteiger partial charge in [0.2, 0.25) is 11.8 Å². The zero-order chi connectivity index (χ0) is 23.7. The van der Waals surface area contributed by atoms with Gasteiger partial charge < -0.3 is 14.6 Å². The zero-order valence-electron chi connectivity index (χ0n) is 19.5. The minimum atomic E-state index is 0.435. The van der Waals surface area contributed by atoms with E-state index in [2.05, 4.69) is 60.6 Å². The number of rotatable bonds is 5. The molecular formula is C28H25N5O. The maximum atomic E-state index is 9.03.